The molecule has 3 heteroatoms. The maximum Gasteiger partial charge on any atom is 0.0698 e. The van der Waals surface area contributed by atoms with Crippen LogP contribution in [0.15, 0.2) is 30.3 Å². The third kappa shape index (κ3) is 2.20. The minimum Gasteiger partial charge on any atom is -0.392 e. The van der Waals surface area contributed by atoms with Crippen molar-refractivity contribution in [3.8, 4) is 0 Å². The molecule has 2 rings (SSSR count). The van der Waals surface area contributed by atoms with Gasteiger partial charge in [0, 0.05) is 18.8 Å². The number of hydrogen-bond donors (Lipinski definition) is 2. The van der Waals surface area contributed by atoms with E-state index in [1.807, 2.05) is 35.3 Å². The Morgan fingerprint density at radius 3 is 2.69 bits per heavy atom. The molecule has 1 aliphatic heterocycles. The fourth-order valence-corrected chi connectivity index (χ4v) is 1.54. The van der Waals surface area contributed by atoms with E-state index in [2.05, 4.69) is 5.43 Å². The van der Waals surface area contributed by atoms with Gasteiger partial charge in [-0.25, -0.2) is 5.01 Å². The maximum absolute atomic E-state index is 9.30. The lowest BCUT2D eigenvalue weighted by Gasteiger charge is -2.17. The molecule has 1 aromatic carbocycles. The molecule has 3 nitrogen and oxygen atoms in total. The molecule has 1 fully saturated rings. The summed E-state index contributed by atoms with van der Waals surface area (Å²) in [6, 6.07) is 10.0. The van der Waals surface area contributed by atoms with Gasteiger partial charge in [0.25, 0.3) is 0 Å². The highest BCUT2D eigenvalue weighted by Crippen LogP contribution is 2.12. The van der Waals surface area contributed by atoms with E-state index in [0.29, 0.717) is 0 Å². The molecule has 0 bridgehead atoms. The van der Waals surface area contributed by atoms with Gasteiger partial charge >= 0.3 is 0 Å². The second kappa shape index (κ2) is 3.77. The Morgan fingerprint density at radius 1 is 1.31 bits per heavy atom. The van der Waals surface area contributed by atoms with Crippen LogP contribution in [0.3, 0.4) is 0 Å². The van der Waals surface area contributed by atoms with Gasteiger partial charge in [-0.2, -0.15) is 0 Å². The number of hydrogen-bond acceptors (Lipinski definition) is 3. The predicted molar refractivity (Wildman–Crippen MR) is 52.3 cm³/mol. The lowest BCUT2D eigenvalue weighted by molar-refractivity contribution is 0.182. The minimum absolute atomic E-state index is 0.170. The van der Waals surface area contributed by atoms with Crippen molar-refractivity contribution in [2.45, 2.75) is 12.5 Å². The first-order chi connectivity index (χ1) is 6.34. The van der Waals surface area contributed by atoms with Crippen molar-refractivity contribution >= 4 is 5.69 Å². The summed E-state index contributed by atoms with van der Waals surface area (Å²) < 4.78 is 0. The van der Waals surface area contributed by atoms with Crippen LogP contribution in [-0.4, -0.2) is 29.3 Å². The summed E-state index contributed by atoms with van der Waals surface area (Å²) in [5.74, 6) is 0. The fraction of sp³-hybridized carbons (Fsp3) is 0.400. The Labute approximate surface area is 78.0 Å². The molecule has 0 amide bonds. The van der Waals surface area contributed by atoms with Crippen LogP contribution < -0.4 is 5.43 Å². The summed E-state index contributed by atoms with van der Waals surface area (Å²) in [4.78, 5) is 0. The Kier molecular flexibility index (Phi) is 2.47. The molecule has 0 radical (unpaired) electrons. The minimum atomic E-state index is -0.170. The van der Waals surface area contributed by atoms with E-state index < -0.39 is 0 Å². The lowest BCUT2D eigenvalue weighted by Crippen LogP contribution is -2.28. The zero-order valence-electron chi connectivity index (χ0n) is 7.48. The molecular formula is C10H14N2O. The van der Waals surface area contributed by atoms with Crippen molar-refractivity contribution in [1.29, 1.82) is 0 Å². The second-order valence-corrected chi connectivity index (χ2v) is 3.37. The van der Waals surface area contributed by atoms with E-state index in [4.69, 9.17) is 0 Å². The van der Waals surface area contributed by atoms with Gasteiger partial charge in [0.2, 0.25) is 0 Å². The second-order valence-electron chi connectivity index (χ2n) is 3.37. The van der Waals surface area contributed by atoms with Gasteiger partial charge in [-0.1, -0.05) is 18.2 Å². The number of anilines is 1. The van der Waals surface area contributed by atoms with Gasteiger partial charge in [0.05, 0.1) is 6.10 Å². The molecule has 13 heavy (non-hydrogen) atoms. The van der Waals surface area contributed by atoms with Crippen molar-refractivity contribution in [3.05, 3.63) is 30.3 Å². The zero-order chi connectivity index (χ0) is 9.10. The molecule has 0 aromatic heterocycles. The zero-order valence-corrected chi connectivity index (χ0v) is 7.48. The van der Waals surface area contributed by atoms with E-state index in [9.17, 15) is 5.11 Å². The van der Waals surface area contributed by atoms with Crippen molar-refractivity contribution in [1.82, 2.24) is 5.01 Å². The standard InChI is InChI=1S/C10H14N2O/c13-10-6-7-12(8-10)11-9-4-2-1-3-5-9/h1-5,10-11,13H,6-8H2. The number of benzene rings is 1. The molecule has 2 N–H and O–H groups in total. The monoisotopic (exact) mass is 178 g/mol. The van der Waals surface area contributed by atoms with Crippen LogP contribution in [-0.2, 0) is 0 Å². The normalized spacial score (nSPS) is 23.3. The molecule has 0 aliphatic carbocycles. The predicted octanol–water partition coefficient (Wildman–Crippen LogP) is 1.08. The summed E-state index contributed by atoms with van der Waals surface area (Å²) in [5, 5.41) is 11.3. The van der Waals surface area contributed by atoms with E-state index >= 15 is 0 Å². The third-order valence-corrected chi connectivity index (χ3v) is 2.22. The Balaban J connectivity index is 1.92. The average Bonchev–Trinajstić information content (AvgIpc) is 2.53. The van der Waals surface area contributed by atoms with Crippen molar-refractivity contribution < 1.29 is 5.11 Å². The first kappa shape index (κ1) is 8.53. The SMILES string of the molecule is OC1CCN(Nc2ccccc2)C1. The quantitative estimate of drug-likeness (QED) is 0.711. The highest BCUT2D eigenvalue weighted by Gasteiger charge is 2.19. The van der Waals surface area contributed by atoms with Gasteiger partial charge in [-0.05, 0) is 18.6 Å². The number of aliphatic hydroxyl groups excluding tert-OH is 1. The summed E-state index contributed by atoms with van der Waals surface area (Å²) in [7, 11) is 0. The van der Waals surface area contributed by atoms with Crippen molar-refractivity contribution in [2.75, 3.05) is 18.5 Å². The van der Waals surface area contributed by atoms with Crippen LogP contribution in [0.5, 0.6) is 0 Å². The number of β-amino-alcohol motifs (C(OH)–C–C–N with tert-alkyl or cyclic N) is 1. The van der Waals surface area contributed by atoms with E-state index in [0.717, 1.165) is 25.2 Å². The van der Waals surface area contributed by atoms with Gasteiger partial charge in [-0.15, -0.1) is 0 Å². The average molecular weight is 178 g/mol. The van der Waals surface area contributed by atoms with Crippen LogP contribution in [0.2, 0.25) is 0 Å². The number of aliphatic hydroxyl groups is 1. The molecule has 0 saturated carbocycles. The molecule has 1 saturated heterocycles. The van der Waals surface area contributed by atoms with Crippen LogP contribution in [0, 0.1) is 0 Å². The molecule has 1 heterocycles. The van der Waals surface area contributed by atoms with Gasteiger partial charge in [-0.3, -0.25) is 0 Å². The molecule has 1 aliphatic rings. The number of nitrogens with one attached hydrogen (secondary N) is 1. The van der Waals surface area contributed by atoms with Gasteiger partial charge < -0.3 is 10.5 Å². The largest absolute Gasteiger partial charge is 0.392 e. The number of para-hydroxylation sites is 1. The topological polar surface area (TPSA) is 35.5 Å². The highest BCUT2D eigenvalue weighted by molar-refractivity contribution is 5.41. The third-order valence-electron chi connectivity index (χ3n) is 2.22. The first-order valence-electron chi connectivity index (χ1n) is 4.59. The van der Waals surface area contributed by atoms with E-state index in [1.54, 1.807) is 0 Å². The molecule has 1 atom stereocenters. The number of hydrazine groups is 1. The van der Waals surface area contributed by atoms with Crippen molar-refractivity contribution in [3.63, 3.8) is 0 Å². The van der Waals surface area contributed by atoms with Crippen LogP contribution in [0.1, 0.15) is 6.42 Å². The lowest BCUT2D eigenvalue weighted by atomic mass is 10.3. The van der Waals surface area contributed by atoms with Crippen LogP contribution >= 0.6 is 0 Å². The summed E-state index contributed by atoms with van der Waals surface area (Å²) in [6.45, 7) is 1.63. The molecule has 1 aromatic rings. The first-order valence-corrected chi connectivity index (χ1v) is 4.59. The van der Waals surface area contributed by atoms with Crippen molar-refractivity contribution in [2.24, 2.45) is 0 Å². The van der Waals surface area contributed by atoms with E-state index in [1.165, 1.54) is 0 Å². The summed E-state index contributed by atoms with van der Waals surface area (Å²) in [5.41, 5.74) is 4.32. The van der Waals surface area contributed by atoms with Gasteiger partial charge in [0.1, 0.15) is 0 Å². The van der Waals surface area contributed by atoms with E-state index in [-0.39, 0.29) is 6.10 Å². The van der Waals surface area contributed by atoms with Gasteiger partial charge in [0.15, 0.2) is 0 Å². The molecule has 1 unspecified atom stereocenters. The number of nitrogens with zero attached hydrogens (tertiary/aromatic N) is 1. The smallest absolute Gasteiger partial charge is 0.0698 e. The molecular weight excluding hydrogens is 164 g/mol. The molecule has 0 spiro atoms. The highest BCUT2D eigenvalue weighted by atomic mass is 16.3. The van der Waals surface area contributed by atoms with Crippen LogP contribution in [0.25, 0.3) is 0 Å². The number of rotatable bonds is 2. The summed E-state index contributed by atoms with van der Waals surface area (Å²) >= 11 is 0. The van der Waals surface area contributed by atoms with Crippen LogP contribution in [0.4, 0.5) is 5.69 Å². The Morgan fingerprint density at radius 2 is 2.08 bits per heavy atom. The Bertz CT molecular complexity index is 263. The Hall–Kier alpha value is -1.06. The maximum atomic E-state index is 9.30. The summed E-state index contributed by atoms with van der Waals surface area (Å²) in [6.07, 6.45) is 0.691. The molecule has 70 valence electrons. The fourth-order valence-electron chi connectivity index (χ4n) is 1.54.